The molecule has 0 aromatic heterocycles. The van der Waals surface area contributed by atoms with Gasteiger partial charge >= 0.3 is 11.9 Å². The third-order valence-electron chi connectivity index (χ3n) is 3.89. The molecular formula is C16H14BrFO4. The van der Waals surface area contributed by atoms with Crippen molar-refractivity contribution in [3.63, 3.8) is 0 Å². The molecule has 116 valence electrons. The first-order chi connectivity index (χ1) is 10.3. The predicted molar refractivity (Wildman–Crippen MR) is 82.4 cm³/mol. The first-order valence-corrected chi connectivity index (χ1v) is 7.64. The lowest BCUT2D eigenvalue weighted by molar-refractivity contribution is -0.142. The topological polar surface area (TPSA) is 74.6 Å². The third-order valence-corrected chi connectivity index (χ3v) is 4.49. The zero-order valence-electron chi connectivity index (χ0n) is 11.8. The molecule has 2 N–H and O–H groups in total. The standard InChI is InChI=1S/C16H14BrFO4/c1-9-4-5-16(15(21)22,7-12(9)14(19)20)13-6-11(18)3-2-10(13)8-17/h2-6H,7-8H2,1H3,(H,19,20)(H,21,22). The van der Waals surface area contributed by atoms with Gasteiger partial charge in [-0.15, -0.1) is 0 Å². The average Bonchev–Trinajstić information content (AvgIpc) is 2.47. The minimum absolute atomic E-state index is 0.0229. The molecule has 1 aromatic carbocycles. The fourth-order valence-electron chi connectivity index (χ4n) is 2.62. The van der Waals surface area contributed by atoms with Gasteiger partial charge in [0.25, 0.3) is 0 Å². The van der Waals surface area contributed by atoms with E-state index in [1.165, 1.54) is 24.3 Å². The van der Waals surface area contributed by atoms with Crippen molar-refractivity contribution in [3.8, 4) is 0 Å². The molecule has 0 fully saturated rings. The molecule has 0 spiro atoms. The molecule has 0 amide bonds. The molecule has 0 radical (unpaired) electrons. The van der Waals surface area contributed by atoms with E-state index in [9.17, 15) is 24.2 Å². The Balaban J connectivity index is 2.68. The number of hydrogen-bond donors (Lipinski definition) is 2. The normalized spacial score (nSPS) is 21.0. The predicted octanol–water partition coefficient (Wildman–Crippen LogP) is 3.40. The minimum atomic E-state index is -1.58. The van der Waals surface area contributed by atoms with Crippen molar-refractivity contribution in [3.05, 3.63) is 58.4 Å². The van der Waals surface area contributed by atoms with E-state index in [-0.39, 0.29) is 17.6 Å². The van der Waals surface area contributed by atoms with E-state index in [0.29, 0.717) is 16.5 Å². The van der Waals surface area contributed by atoms with E-state index >= 15 is 0 Å². The monoisotopic (exact) mass is 368 g/mol. The number of hydrogen-bond acceptors (Lipinski definition) is 2. The van der Waals surface area contributed by atoms with Gasteiger partial charge < -0.3 is 10.2 Å². The van der Waals surface area contributed by atoms with Gasteiger partial charge in [-0.1, -0.05) is 34.1 Å². The van der Waals surface area contributed by atoms with Crippen LogP contribution in [0.1, 0.15) is 24.5 Å². The molecule has 0 saturated carbocycles. The summed E-state index contributed by atoms with van der Waals surface area (Å²) >= 11 is 3.26. The van der Waals surface area contributed by atoms with Crippen molar-refractivity contribution in [2.45, 2.75) is 24.1 Å². The van der Waals surface area contributed by atoms with Crippen LogP contribution in [-0.4, -0.2) is 22.2 Å². The van der Waals surface area contributed by atoms with Crippen molar-refractivity contribution in [1.29, 1.82) is 0 Å². The number of carboxylic acid groups (broad SMARTS) is 2. The van der Waals surface area contributed by atoms with E-state index in [4.69, 9.17) is 0 Å². The van der Waals surface area contributed by atoms with E-state index < -0.39 is 23.2 Å². The summed E-state index contributed by atoms with van der Waals surface area (Å²) in [7, 11) is 0. The van der Waals surface area contributed by atoms with Gasteiger partial charge in [0, 0.05) is 17.3 Å². The maximum atomic E-state index is 13.6. The number of alkyl halides is 1. The van der Waals surface area contributed by atoms with Crippen LogP contribution in [0, 0.1) is 5.82 Å². The quantitative estimate of drug-likeness (QED) is 0.798. The fourth-order valence-corrected chi connectivity index (χ4v) is 3.11. The molecule has 2 rings (SSSR count). The van der Waals surface area contributed by atoms with Crippen LogP contribution in [-0.2, 0) is 20.3 Å². The summed E-state index contributed by atoms with van der Waals surface area (Å²) in [5.74, 6) is -2.93. The number of halogens is 2. The smallest absolute Gasteiger partial charge is 0.331 e. The molecule has 1 aromatic rings. The first-order valence-electron chi connectivity index (χ1n) is 6.52. The highest BCUT2D eigenvalue weighted by Crippen LogP contribution is 2.40. The Morgan fingerprint density at radius 2 is 2.05 bits per heavy atom. The highest BCUT2D eigenvalue weighted by molar-refractivity contribution is 9.08. The molecule has 0 aliphatic heterocycles. The van der Waals surface area contributed by atoms with Crippen molar-refractivity contribution in [1.82, 2.24) is 0 Å². The number of carboxylic acids is 2. The molecule has 1 atom stereocenters. The second-order valence-corrected chi connectivity index (χ2v) is 5.75. The van der Waals surface area contributed by atoms with Crippen LogP contribution in [0.4, 0.5) is 4.39 Å². The third kappa shape index (κ3) is 2.70. The van der Waals surface area contributed by atoms with E-state index in [1.54, 1.807) is 6.92 Å². The minimum Gasteiger partial charge on any atom is -0.480 e. The molecular weight excluding hydrogens is 355 g/mol. The highest BCUT2D eigenvalue weighted by Gasteiger charge is 2.43. The van der Waals surface area contributed by atoms with Crippen LogP contribution < -0.4 is 0 Å². The molecule has 0 heterocycles. The van der Waals surface area contributed by atoms with E-state index in [2.05, 4.69) is 15.9 Å². The molecule has 4 nitrogen and oxygen atoms in total. The number of rotatable bonds is 4. The summed E-state index contributed by atoms with van der Waals surface area (Å²) in [5.41, 5.74) is -0.189. The molecule has 1 unspecified atom stereocenters. The van der Waals surface area contributed by atoms with Crippen molar-refractivity contribution >= 4 is 27.9 Å². The Morgan fingerprint density at radius 3 is 2.59 bits per heavy atom. The molecule has 0 saturated heterocycles. The summed E-state index contributed by atoms with van der Waals surface area (Å²) < 4.78 is 13.6. The number of aliphatic carboxylic acids is 2. The van der Waals surface area contributed by atoms with Crippen molar-refractivity contribution in [2.75, 3.05) is 0 Å². The van der Waals surface area contributed by atoms with Gasteiger partial charge in [0.2, 0.25) is 0 Å². The van der Waals surface area contributed by atoms with Gasteiger partial charge in [0.15, 0.2) is 0 Å². The number of benzene rings is 1. The highest BCUT2D eigenvalue weighted by atomic mass is 79.9. The first kappa shape index (κ1) is 16.4. The lowest BCUT2D eigenvalue weighted by atomic mass is 9.70. The Kier molecular flexibility index (Phi) is 4.51. The second-order valence-electron chi connectivity index (χ2n) is 5.19. The van der Waals surface area contributed by atoms with Gasteiger partial charge in [-0.25, -0.2) is 9.18 Å². The van der Waals surface area contributed by atoms with Gasteiger partial charge in [0.1, 0.15) is 11.2 Å². The Bertz CT molecular complexity index is 708. The van der Waals surface area contributed by atoms with Gasteiger partial charge in [-0.05, 0) is 35.8 Å². The lowest BCUT2D eigenvalue weighted by Crippen LogP contribution is -2.38. The largest absolute Gasteiger partial charge is 0.480 e. The Hall–Kier alpha value is -1.95. The number of allylic oxidation sites excluding steroid dienone is 2. The molecule has 22 heavy (non-hydrogen) atoms. The van der Waals surface area contributed by atoms with Crippen LogP contribution in [0.15, 0.2) is 41.5 Å². The van der Waals surface area contributed by atoms with E-state index in [1.807, 2.05) is 0 Å². The van der Waals surface area contributed by atoms with Crippen LogP contribution in [0.2, 0.25) is 0 Å². The Labute approximate surface area is 135 Å². The maximum absolute atomic E-state index is 13.6. The van der Waals surface area contributed by atoms with Crippen molar-refractivity contribution < 1.29 is 24.2 Å². The second kappa shape index (κ2) is 6.04. The van der Waals surface area contributed by atoms with Crippen LogP contribution in [0.5, 0.6) is 0 Å². The van der Waals surface area contributed by atoms with Gasteiger partial charge in [-0.3, -0.25) is 4.79 Å². The van der Waals surface area contributed by atoms with Crippen LogP contribution >= 0.6 is 15.9 Å². The fraction of sp³-hybridized carbons (Fsp3) is 0.250. The average molecular weight is 369 g/mol. The summed E-state index contributed by atoms with van der Waals surface area (Å²) in [4.78, 5) is 23.3. The van der Waals surface area contributed by atoms with Crippen LogP contribution in [0.25, 0.3) is 0 Å². The molecule has 1 aliphatic carbocycles. The number of carbonyl (C=O) groups is 2. The zero-order valence-corrected chi connectivity index (χ0v) is 13.4. The summed E-state index contributed by atoms with van der Waals surface area (Å²) in [6, 6.07) is 3.92. The maximum Gasteiger partial charge on any atom is 0.331 e. The summed E-state index contributed by atoms with van der Waals surface area (Å²) in [5, 5.41) is 19.4. The zero-order chi connectivity index (χ0) is 16.5. The molecule has 0 bridgehead atoms. The molecule has 6 heteroatoms. The Morgan fingerprint density at radius 1 is 1.36 bits per heavy atom. The lowest BCUT2D eigenvalue weighted by Gasteiger charge is -2.32. The molecule has 1 aliphatic rings. The van der Waals surface area contributed by atoms with Gasteiger partial charge in [-0.2, -0.15) is 0 Å². The van der Waals surface area contributed by atoms with Crippen molar-refractivity contribution in [2.24, 2.45) is 0 Å². The summed E-state index contributed by atoms with van der Waals surface area (Å²) in [6.45, 7) is 1.61. The summed E-state index contributed by atoms with van der Waals surface area (Å²) in [6.07, 6.45) is 2.70. The van der Waals surface area contributed by atoms with Gasteiger partial charge in [0.05, 0.1) is 0 Å². The van der Waals surface area contributed by atoms with E-state index in [0.717, 1.165) is 6.07 Å². The SMILES string of the molecule is CC1=C(C(=O)O)CC(C(=O)O)(c2cc(F)ccc2CBr)C=C1. The van der Waals surface area contributed by atoms with Crippen LogP contribution in [0.3, 0.4) is 0 Å².